The topological polar surface area (TPSA) is 97.3 Å². The average Bonchev–Trinajstić information content (AvgIpc) is 3.23. The highest BCUT2D eigenvalue weighted by molar-refractivity contribution is 5.97. The fourth-order valence-electron chi connectivity index (χ4n) is 3.43. The number of ether oxygens (including phenoxy) is 1. The number of anilines is 2. The lowest BCUT2D eigenvalue weighted by molar-refractivity contribution is -0.130. The van der Waals surface area contributed by atoms with Gasteiger partial charge in [-0.05, 0) is 57.1 Å². The molecule has 1 aromatic carbocycles. The molecule has 3 rings (SSSR count). The number of benzene rings is 1. The van der Waals surface area contributed by atoms with Crippen molar-refractivity contribution in [3.05, 3.63) is 42.7 Å². The maximum Gasteiger partial charge on any atom is 0.248 e. The van der Waals surface area contributed by atoms with Crippen molar-refractivity contribution in [3.8, 4) is 0 Å². The summed E-state index contributed by atoms with van der Waals surface area (Å²) in [5.41, 5.74) is 0.727. The van der Waals surface area contributed by atoms with Crippen LogP contribution in [0, 0.1) is 5.41 Å². The van der Waals surface area contributed by atoms with Gasteiger partial charge in [-0.15, -0.1) is 0 Å². The number of nitrogens with zero attached hydrogens (tertiary/aromatic N) is 2. The van der Waals surface area contributed by atoms with Gasteiger partial charge in [-0.3, -0.25) is 14.3 Å². The first-order valence-electron chi connectivity index (χ1n) is 9.45. The Hall–Kier alpha value is -2.71. The van der Waals surface area contributed by atoms with Crippen LogP contribution in [-0.2, 0) is 14.3 Å². The van der Waals surface area contributed by atoms with Crippen LogP contribution < -0.4 is 16.0 Å². The summed E-state index contributed by atoms with van der Waals surface area (Å²) in [4.78, 5) is 25.4. The molecule has 1 aromatic heterocycles. The van der Waals surface area contributed by atoms with Crippen LogP contribution in [0.15, 0.2) is 42.7 Å². The first-order chi connectivity index (χ1) is 13.5. The van der Waals surface area contributed by atoms with Gasteiger partial charge in [0, 0.05) is 30.9 Å². The lowest BCUT2D eigenvalue weighted by Crippen LogP contribution is -2.47. The van der Waals surface area contributed by atoms with Gasteiger partial charge < -0.3 is 20.7 Å². The van der Waals surface area contributed by atoms with Crippen LogP contribution >= 0.6 is 0 Å². The summed E-state index contributed by atoms with van der Waals surface area (Å²) in [6, 6.07) is 8.50. The molecule has 2 amide bonds. The number of aromatic nitrogens is 2. The summed E-state index contributed by atoms with van der Waals surface area (Å²) in [5.74, 6) is -0.231. The van der Waals surface area contributed by atoms with E-state index >= 15 is 0 Å². The molecule has 1 aliphatic heterocycles. The Kier molecular flexibility index (Phi) is 6.43. The highest BCUT2D eigenvalue weighted by atomic mass is 16.5. The number of rotatable bonds is 7. The van der Waals surface area contributed by atoms with Crippen molar-refractivity contribution in [2.45, 2.75) is 25.8 Å². The minimum atomic E-state index is -0.534. The molecule has 28 heavy (non-hydrogen) atoms. The summed E-state index contributed by atoms with van der Waals surface area (Å²) in [5, 5.41) is 13.2. The number of carbonyl (C=O) groups is 2. The van der Waals surface area contributed by atoms with Crippen LogP contribution in [0.1, 0.15) is 25.8 Å². The average molecular weight is 385 g/mol. The van der Waals surface area contributed by atoms with E-state index in [-0.39, 0.29) is 11.8 Å². The van der Waals surface area contributed by atoms with Gasteiger partial charge in [0.25, 0.3) is 0 Å². The molecule has 1 unspecified atom stereocenters. The van der Waals surface area contributed by atoms with Crippen LogP contribution in [0.2, 0.25) is 0 Å². The van der Waals surface area contributed by atoms with E-state index in [0.29, 0.717) is 18.0 Å². The summed E-state index contributed by atoms with van der Waals surface area (Å²) in [6.07, 6.45) is 4.83. The van der Waals surface area contributed by atoms with Crippen molar-refractivity contribution in [2.24, 2.45) is 5.41 Å². The van der Waals surface area contributed by atoms with Crippen LogP contribution in [0.3, 0.4) is 0 Å². The Labute approximate surface area is 164 Å². The number of methoxy groups -OCH3 is 1. The minimum Gasteiger partial charge on any atom is -0.384 e. The Morgan fingerprint density at radius 1 is 1.25 bits per heavy atom. The molecule has 0 saturated carbocycles. The summed E-state index contributed by atoms with van der Waals surface area (Å²) >= 11 is 0. The second-order valence-electron chi connectivity index (χ2n) is 7.15. The smallest absolute Gasteiger partial charge is 0.248 e. The molecule has 1 atom stereocenters. The van der Waals surface area contributed by atoms with E-state index in [4.69, 9.17) is 4.74 Å². The molecule has 1 fully saturated rings. The van der Waals surface area contributed by atoms with E-state index in [1.807, 2.05) is 6.07 Å². The van der Waals surface area contributed by atoms with E-state index in [1.54, 1.807) is 55.4 Å². The number of carbonyl (C=O) groups excluding carboxylic acids is 2. The van der Waals surface area contributed by atoms with Crippen molar-refractivity contribution in [1.29, 1.82) is 0 Å². The molecule has 2 heterocycles. The van der Waals surface area contributed by atoms with Gasteiger partial charge in [0.2, 0.25) is 11.8 Å². The van der Waals surface area contributed by atoms with Gasteiger partial charge in [0.1, 0.15) is 6.04 Å². The van der Waals surface area contributed by atoms with Crippen molar-refractivity contribution in [3.63, 3.8) is 0 Å². The lowest BCUT2D eigenvalue weighted by Gasteiger charge is -2.35. The highest BCUT2D eigenvalue weighted by Gasteiger charge is 2.39. The molecule has 1 aliphatic rings. The quantitative estimate of drug-likeness (QED) is 0.678. The van der Waals surface area contributed by atoms with Gasteiger partial charge in [0.15, 0.2) is 0 Å². The third kappa shape index (κ3) is 4.58. The standard InChI is InChI=1S/C20H27N5O3/c1-15(25-12-4-9-22-25)18(26)23-16-5-3-6-17(13-16)24-19(27)20(14-28-2)7-10-21-11-8-20/h3-6,9,12-13,15,21H,7-8,10-11,14H2,1-2H3,(H,23,26)(H,24,27). The molecule has 0 spiro atoms. The number of piperidine rings is 1. The first-order valence-corrected chi connectivity index (χ1v) is 9.45. The van der Waals surface area contributed by atoms with Gasteiger partial charge in [-0.25, -0.2) is 0 Å². The zero-order chi connectivity index (χ0) is 20.0. The summed E-state index contributed by atoms with van der Waals surface area (Å²) < 4.78 is 6.92. The fourth-order valence-corrected chi connectivity index (χ4v) is 3.43. The Bertz CT molecular complexity index is 794. The number of amides is 2. The van der Waals surface area contributed by atoms with Crippen LogP contribution in [0.5, 0.6) is 0 Å². The predicted molar refractivity (Wildman–Crippen MR) is 107 cm³/mol. The van der Waals surface area contributed by atoms with E-state index in [0.717, 1.165) is 25.9 Å². The molecule has 8 nitrogen and oxygen atoms in total. The molecule has 150 valence electrons. The van der Waals surface area contributed by atoms with E-state index in [9.17, 15) is 9.59 Å². The van der Waals surface area contributed by atoms with E-state index in [1.165, 1.54) is 0 Å². The zero-order valence-corrected chi connectivity index (χ0v) is 16.3. The SMILES string of the molecule is COCC1(C(=O)Nc2cccc(NC(=O)C(C)n3cccn3)c2)CCNCC1. The van der Waals surface area contributed by atoms with E-state index in [2.05, 4.69) is 21.0 Å². The van der Waals surface area contributed by atoms with Crippen LogP contribution in [0.25, 0.3) is 0 Å². The zero-order valence-electron chi connectivity index (χ0n) is 16.3. The molecular formula is C20H27N5O3. The Morgan fingerprint density at radius 2 is 1.96 bits per heavy atom. The highest BCUT2D eigenvalue weighted by Crippen LogP contribution is 2.31. The number of hydrogen-bond donors (Lipinski definition) is 3. The molecule has 0 radical (unpaired) electrons. The van der Waals surface area contributed by atoms with Gasteiger partial charge >= 0.3 is 0 Å². The third-order valence-electron chi connectivity index (χ3n) is 5.15. The van der Waals surface area contributed by atoms with Gasteiger partial charge in [-0.1, -0.05) is 6.07 Å². The minimum absolute atomic E-state index is 0.0516. The molecule has 2 aromatic rings. The number of hydrogen-bond acceptors (Lipinski definition) is 5. The molecule has 0 bridgehead atoms. The number of nitrogens with one attached hydrogen (secondary N) is 3. The van der Waals surface area contributed by atoms with Crippen molar-refractivity contribution >= 4 is 23.2 Å². The normalized spacial score (nSPS) is 16.9. The molecule has 0 aliphatic carbocycles. The van der Waals surface area contributed by atoms with Crippen LogP contribution in [0.4, 0.5) is 11.4 Å². The van der Waals surface area contributed by atoms with Crippen molar-refractivity contribution < 1.29 is 14.3 Å². The van der Waals surface area contributed by atoms with Gasteiger partial charge in [0.05, 0.1) is 12.0 Å². The maximum absolute atomic E-state index is 13.0. The van der Waals surface area contributed by atoms with Crippen LogP contribution in [-0.4, -0.2) is 48.4 Å². The largest absolute Gasteiger partial charge is 0.384 e. The first kappa shape index (κ1) is 20.0. The van der Waals surface area contributed by atoms with Crippen molar-refractivity contribution in [1.82, 2.24) is 15.1 Å². The second kappa shape index (κ2) is 8.99. The molecular weight excluding hydrogens is 358 g/mol. The third-order valence-corrected chi connectivity index (χ3v) is 5.15. The predicted octanol–water partition coefficient (Wildman–Crippen LogP) is 2.04. The monoisotopic (exact) mass is 385 g/mol. The van der Waals surface area contributed by atoms with Gasteiger partial charge in [-0.2, -0.15) is 5.10 Å². The van der Waals surface area contributed by atoms with E-state index < -0.39 is 11.5 Å². The summed E-state index contributed by atoms with van der Waals surface area (Å²) in [7, 11) is 1.62. The molecule has 3 N–H and O–H groups in total. The maximum atomic E-state index is 13.0. The Balaban J connectivity index is 1.67. The fraction of sp³-hybridized carbons (Fsp3) is 0.450. The van der Waals surface area contributed by atoms with Crippen molar-refractivity contribution in [2.75, 3.05) is 37.4 Å². The lowest BCUT2D eigenvalue weighted by atomic mass is 9.78. The molecule has 1 saturated heterocycles. The Morgan fingerprint density at radius 3 is 2.61 bits per heavy atom. The summed E-state index contributed by atoms with van der Waals surface area (Å²) in [6.45, 7) is 3.74. The second-order valence-corrected chi connectivity index (χ2v) is 7.15. The molecule has 8 heteroatoms.